The van der Waals surface area contributed by atoms with E-state index in [4.69, 9.17) is 4.74 Å². The average Bonchev–Trinajstić information content (AvgIpc) is 3.83. The standard InChI is InChI=1S/C52H45N4O/c1-50(2,3)34-26-27-54-44(30-34)56-39-18-12-11-16-37(39)38-24-25-42-46(48(38)56)52(54)45-41(28-35(51(4,5)6)29-43(45)57-42)55-40-19-13-17-36(47(40)53(7)49(52)55)33-22-20-32(21-23-33)31-14-9-8-10-15-31/h8-30,49H,1-7H3/q+1. The third-order valence-corrected chi connectivity index (χ3v) is 13.3. The van der Waals surface area contributed by atoms with Gasteiger partial charge < -0.3 is 14.5 Å². The van der Waals surface area contributed by atoms with Crippen LogP contribution in [0.1, 0.15) is 63.8 Å². The van der Waals surface area contributed by atoms with E-state index in [1.165, 1.54) is 89.2 Å². The van der Waals surface area contributed by atoms with Crippen LogP contribution in [0, 0.1) is 0 Å². The summed E-state index contributed by atoms with van der Waals surface area (Å²) in [5.74, 6) is 3.06. The van der Waals surface area contributed by atoms with Crippen LogP contribution in [-0.4, -0.2) is 17.8 Å². The van der Waals surface area contributed by atoms with Crippen LogP contribution >= 0.6 is 0 Å². The molecule has 0 saturated carbocycles. The molecule has 0 bridgehead atoms. The number of likely N-dealkylation sites (N-methyl/N-ethyl adjacent to an activating group) is 1. The quantitative estimate of drug-likeness (QED) is 0.165. The van der Waals surface area contributed by atoms with Crippen LogP contribution in [0.3, 0.4) is 0 Å². The summed E-state index contributed by atoms with van der Waals surface area (Å²) in [7, 11) is 2.32. The average molecular weight is 742 g/mol. The molecule has 5 nitrogen and oxygen atoms in total. The van der Waals surface area contributed by atoms with Crippen molar-refractivity contribution in [3.05, 3.63) is 162 Å². The van der Waals surface area contributed by atoms with Gasteiger partial charge in [-0.1, -0.05) is 120 Å². The zero-order valence-corrected chi connectivity index (χ0v) is 33.6. The minimum absolute atomic E-state index is 0.0368. The number of nitrogens with zero attached hydrogens (tertiary/aromatic N) is 4. The van der Waals surface area contributed by atoms with Gasteiger partial charge in [0.2, 0.25) is 5.54 Å². The summed E-state index contributed by atoms with van der Waals surface area (Å²) in [4.78, 5) is 5.23. The summed E-state index contributed by atoms with van der Waals surface area (Å²) in [6.45, 7) is 13.9. The highest BCUT2D eigenvalue weighted by Gasteiger charge is 2.69. The van der Waals surface area contributed by atoms with Gasteiger partial charge >= 0.3 is 0 Å². The van der Waals surface area contributed by atoms with E-state index >= 15 is 0 Å². The van der Waals surface area contributed by atoms with Crippen molar-refractivity contribution in [2.24, 2.45) is 0 Å². The van der Waals surface area contributed by atoms with Gasteiger partial charge in [-0.25, -0.2) is 4.57 Å². The van der Waals surface area contributed by atoms with Crippen molar-refractivity contribution in [2.75, 3.05) is 16.8 Å². The second-order valence-electron chi connectivity index (χ2n) is 18.5. The van der Waals surface area contributed by atoms with Crippen molar-refractivity contribution in [1.82, 2.24) is 4.57 Å². The van der Waals surface area contributed by atoms with Gasteiger partial charge in [0.1, 0.15) is 17.0 Å². The normalized spacial score (nSPS) is 18.4. The molecule has 6 aromatic carbocycles. The number of rotatable bonds is 2. The minimum Gasteiger partial charge on any atom is -0.456 e. The number of hydrogen-bond donors (Lipinski definition) is 0. The number of fused-ring (bicyclic) bond motifs is 9. The second-order valence-corrected chi connectivity index (χ2v) is 18.5. The first-order valence-corrected chi connectivity index (χ1v) is 20.3. The summed E-state index contributed by atoms with van der Waals surface area (Å²) in [5.41, 5.74) is 15.3. The van der Waals surface area contributed by atoms with E-state index in [1.807, 2.05) is 0 Å². The Morgan fingerprint density at radius 3 is 2.09 bits per heavy atom. The molecule has 0 amide bonds. The van der Waals surface area contributed by atoms with Gasteiger partial charge in [0.25, 0.3) is 5.82 Å². The summed E-state index contributed by atoms with van der Waals surface area (Å²) in [5, 5.41) is 2.51. The minimum atomic E-state index is -0.646. The maximum Gasteiger partial charge on any atom is 0.288 e. The number of para-hydroxylation sites is 2. The van der Waals surface area contributed by atoms with Gasteiger partial charge in [0.05, 0.1) is 34.4 Å². The Hall–Kier alpha value is -6.33. The highest BCUT2D eigenvalue weighted by atomic mass is 16.5. The maximum absolute atomic E-state index is 7.21. The summed E-state index contributed by atoms with van der Waals surface area (Å²) < 4.78 is 12.3. The summed E-state index contributed by atoms with van der Waals surface area (Å²) in [6.07, 6.45) is 2.27. The fourth-order valence-corrected chi connectivity index (χ4v) is 10.7. The van der Waals surface area contributed by atoms with Gasteiger partial charge in [0.15, 0.2) is 11.7 Å². The lowest BCUT2D eigenvalue weighted by atomic mass is 9.75. The molecule has 12 rings (SSSR count). The van der Waals surface area contributed by atoms with Gasteiger partial charge in [-0.15, -0.1) is 0 Å². The van der Waals surface area contributed by atoms with Crippen molar-refractivity contribution in [3.63, 3.8) is 0 Å². The van der Waals surface area contributed by atoms with Crippen molar-refractivity contribution in [2.45, 2.75) is 64.1 Å². The first-order valence-electron chi connectivity index (χ1n) is 20.3. The number of hydrogen-bond acceptors (Lipinski definition) is 3. The zero-order valence-electron chi connectivity index (χ0n) is 33.6. The van der Waals surface area contributed by atoms with Crippen molar-refractivity contribution >= 4 is 38.9 Å². The molecule has 6 heterocycles. The van der Waals surface area contributed by atoms with Crippen LogP contribution in [0.25, 0.3) is 49.9 Å². The first kappa shape index (κ1) is 32.9. The molecule has 4 aliphatic heterocycles. The van der Waals surface area contributed by atoms with E-state index in [0.29, 0.717) is 0 Å². The molecule has 2 aromatic heterocycles. The predicted octanol–water partition coefficient (Wildman–Crippen LogP) is 12.1. The Balaban J connectivity index is 1.19. The Morgan fingerprint density at radius 1 is 0.596 bits per heavy atom. The SMILES string of the molecule is CN1c2c(-c3ccc(-c4ccccc4)cc3)cccc2N2c3cc(C(C)(C)C)cc4c3C3(c5c(ccc6c7ccccc7n(c56)-c5cc(C(C)(C)C)cc[n+]53)O4)C12. The van der Waals surface area contributed by atoms with Crippen LogP contribution < -0.4 is 19.1 Å². The molecule has 5 heteroatoms. The molecule has 8 aromatic rings. The molecule has 0 radical (unpaired) electrons. The van der Waals surface area contributed by atoms with Gasteiger partial charge in [-0.2, -0.15) is 4.57 Å². The van der Waals surface area contributed by atoms with Gasteiger partial charge in [-0.3, -0.25) is 0 Å². The van der Waals surface area contributed by atoms with Crippen molar-refractivity contribution in [3.8, 4) is 39.6 Å². The molecule has 1 spiro atoms. The molecular weight excluding hydrogens is 697 g/mol. The molecule has 0 N–H and O–H groups in total. The molecule has 4 aliphatic rings. The third kappa shape index (κ3) is 4.06. The lowest BCUT2D eigenvalue weighted by Gasteiger charge is -2.43. The van der Waals surface area contributed by atoms with Gasteiger partial charge in [0, 0.05) is 29.4 Å². The van der Waals surface area contributed by atoms with Crippen LogP contribution in [-0.2, 0) is 16.4 Å². The number of ether oxygens (including phenoxy) is 1. The highest BCUT2D eigenvalue weighted by molar-refractivity contribution is 6.12. The smallest absolute Gasteiger partial charge is 0.288 e. The monoisotopic (exact) mass is 741 g/mol. The van der Waals surface area contributed by atoms with Crippen molar-refractivity contribution in [1.29, 1.82) is 0 Å². The van der Waals surface area contributed by atoms with E-state index in [-0.39, 0.29) is 17.0 Å². The van der Waals surface area contributed by atoms with Gasteiger partial charge in [-0.05, 0) is 87.2 Å². The molecule has 2 atom stereocenters. The maximum atomic E-state index is 7.21. The van der Waals surface area contributed by atoms with Crippen molar-refractivity contribution < 1.29 is 9.30 Å². The third-order valence-electron chi connectivity index (χ3n) is 13.3. The lowest BCUT2D eigenvalue weighted by molar-refractivity contribution is -0.741. The molecular formula is C52H45N4O+. The van der Waals surface area contributed by atoms with Crippen LogP contribution in [0.5, 0.6) is 11.5 Å². The lowest BCUT2D eigenvalue weighted by Crippen LogP contribution is -2.70. The predicted molar refractivity (Wildman–Crippen MR) is 233 cm³/mol. The number of benzene rings is 6. The van der Waals surface area contributed by atoms with Crippen LogP contribution in [0.15, 0.2) is 140 Å². The molecule has 0 saturated heterocycles. The Morgan fingerprint density at radius 2 is 1.32 bits per heavy atom. The molecule has 0 aliphatic carbocycles. The van der Waals surface area contributed by atoms with E-state index in [9.17, 15) is 0 Å². The summed E-state index contributed by atoms with van der Waals surface area (Å²) >= 11 is 0. The fourth-order valence-electron chi connectivity index (χ4n) is 10.7. The number of aromatic nitrogens is 2. The van der Waals surface area contributed by atoms with E-state index in [2.05, 4.69) is 207 Å². The molecule has 2 unspecified atom stereocenters. The highest BCUT2D eigenvalue weighted by Crippen LogP contribution is 2.67. The number of pyridine rings is 1. The fraction of sp³-hybridized carbons (Fsp3) is 0.212. The Kier molecular flexibility index (Phi) is 6.19. The Labute approximate surface area is 334 Å². The Bertz CT molecular complexity index is 3040. The molecule has 0 fully saturated rings. The largest absolute Gasteiger partial charge is 0.456 e. The van der Waals surface area contributed by atoms with Crippen LogP contribution in [0.2, 0.25) is 0 Å². The topological polar surface area (TPSA) is 24.5 Å². The molecule has 278 valence electrons. The van der Waals surface area contributed by atoms with E-state index < -0.39 is 5.54 Å². The van der Waals surface area contributed by atoms with Crippen LogP contribution in [0.4, 0.5) is 17.1 Å². The van der Waals surface area contributed by atoms with E-state index in [0.717, 1.165) is 11.5 Å². The summed E-state index contributed by atoms with van der Waals surface area (Å²) in [6, 6.07) is 49.7. The second kappa shape index (κ2) is 10.7. The van der Waals surface area contributed by atoms with E-state index in [1.54, 1.807) is 0 Å². The number of anilines is 3. The first-order chi connectivity index (χ1) is 27.5. The zero-order chi connectivity index (χ0) is 38.7. The molecule has 57 heavy (non-hydrogen) atoms.